The molecule has 114 valence electrons. The van der Waals surface area contributed by atoms with Crippen LogP contribution in [0.2, 0.25) is 0 Å². The smallest absolute Gasteiger partial charge is 0.239 e. The first kappa shape index (κ1) is 17.9. The van der Waals surface area contributed by atoms with E-state index in [2.05, 4.69) is 21.3 Å². The van der Waals surface area contributed by atoms with E-state index in [0.717, 1.165) is 0 Å². The lowest BCUT2D eigenvalue weighted by Crippen LogP contribution is -2.40. The van der Waals surface area contributed by atoms with Gasteiger partial charge in [0.1, 0.15) is 0 Å². The first-order chi connectivity index (χ1) is 9.51. The summed E-state index contributed by atoms with van der Waals surface area (Å²) in [6, 6.07) is 0. The molecule has 0 radical (unpaired) electrons. The quantitative estimate of drug-likeness (QED) is 0.278. The number of amides is 4. The molecule has 8 heteroatoms. The number of hydrogen-bond donors (Lipinski definition) is 4. The van der Waals surface area contributed by atoms with Gasteiger partial charge in [0.15, 0.2) is 0 Å². The highest BCUT2D eigenvalue weighted by Crippen LogP contribution is 2.03. The molecule has 20 heavy (non-hydrogen) atoms. The first-order valence-corrected chi connectivity index (χ1v) is 6.43. The van der Waals surface area contributed by atoms with Crippen molar-refractivity contribution in [3.8, 4) is 0 Å². The molecular weight excluding hydrogens is 264 g/mol. The van der Waals surface area contributed by atoms with Gasteiger partial charge in [0.2, 0.25) is 24.1 Å². The highest BCUT2D eigenvalue weighted by molar-refractivity contribution is 5.86. The second-order valence-corrected chi connectivity index (χ2v) is 4.28. The Labute approximate surface area is 118 Å². The molecule has 0 aromatic heterocycles. The fourth-order valence-corrected chi connectivity index (χ4v) is 1.45. The second kappa shape index (κ2) is 10.8. The minimum absolute atomic E-state index is 0.0220. The van der Waals surface area contributed by atoms with E-state index >= 15 is 0 Å². The molecule has 0 aromatic carbocycles. The lowest BCUT2D eigenvalue weighted by atomic mass is 10.1. The van der Waals surface area contributed by atoms with Crippen LogP contribution in [-0.2, 0) is 19.2 Å². The van der Waals surface area contributed by atoms with Crippen LogP contribution < -0.4 is 21.3 Å². The topological polar surface area (TPSA) is 116 Å². The Morgan fingerprint density at radius 1 is 1.10 bits per heavy atom. The van der Waals surface area contributed by atoms with E-state index in [1.165, 1.54) is 0 Å². The molecule has 0 aromatic rings. The van der Waals surface area contributed by atoms with Crippen LogP contribution in [0.3, 0.4) is 0 Å². The number of nitrogens with one attached hydrogen (secondary N) is 4. The van der Waals surface area contributed by atoms with E-state index in [1.807, 2.05) is 6.92 Å². The molecule has 0 saturated heterocycles. The maximum atomic E-state index is 11.4. The van der Waals surface area contributed by atoms with Gasteiger partial charge in [-0.1, -0.05) is 6.92 Å². The Hall–Kier alpha value is -2.12. The van der Waals surface area contributed by atoms with E-state index in [0.29, 0.717) is 25.8 Å². The Morgan fingerprint density at radius 2 is 1.75 bits per heavy atom. The van der Waals surface area contributed by atoms with Gasteiger partial charge in [-0.2, -0.15) is 0 Å². The third-order valence-corrected chi connectivity index (χ3v) is 2.62. The lowest BCUT2D eigenvalue weighted by molar-refractivity contribution is -0.126. The van der Waals surface area contributed by atoms with E-state index < -0.39 is 5.91 Å². The average Bonchev–Trinajstić information content (AvgIpc) is 2.46. The van der Waals surface area contributed by atoms with Gasteiger partial charge in [0.25, 0.3) is 0 Å². The van der Waals surface area contributed by atoms with Gasteiger partial charge in [-0.25, -0.2) is 0 Å². The molecular formula is C12H22N4O4. The van der Waals surface area contributed by atoms with Crippen molar-refractivity contribution in [2.75, 3.05) is 26.7 Å². The predicted molar refractivity (Wildman–Crippen MR) is 72.6 cm³/mol. The van der Waals surface area contributed by atoms with Crippen molar-refractivity contribution in [3.05, 3.63) is 0 Å². The molecule has 0 aliphatic heterocycles. The van der Waals surface area contributed by atoms with Crippen LogP contribution in [0, 0.1) is 5.92 Å². The van der Waals surface area contributed by atoms with Crippen LogP contribution in [-0.4, -0.2) is 50.8 Å². The molecule has 0 aliphatic rings. The highest BCUT2D eigenvalue weighted by Gasteiger charge is 2.10. The van der Waals surface area contributed by atoms with Gasteiger partial charge in [-0.3, -0.25) is 19.2 Å². The standard InChI is InChI=1S/C12H22N4O4/c1-9(12(20)13-2)4-3-5-15-11(19)7-16-10(18)6-14-8-17/h8-9H,3-7H2,1-2H3,(H,13,20)(H,14,17)(H,15,19)(H,16,18). The zero-order chi connectivity index (χ0) is 15.4. The summed E-state index contributed by atoms with van der Waals surface area (Å²) in [7, 11) is 1.59. The highest BCUT2D eigenvalue weighted by atomic mass is 16.2. The molecule has 1 unspecified atom stereocenters. The van der Waals surface area contributed by atoms with Crippen molar-refractivity contribution in [1.82, 2.24) is 21.3 Å². The number of rotatable bonds is 10. The summed E-state index contributed by atoms with van der Waals surface area (Å²) < 4.78 is 0. The Bertz CT molecular complexity index is 346. The van der Waals surface area contributed by atoms with Crippen LogP contribution in [0.15, 0.2) is 0 Å². The summed E-state index contributed by atoms with van der Waals surface area (Å²) >= 11 is 0. The maximum Gasteiger partial charge on any atom is 0.239 e. The molecule has 0 heterocycles. The Balaban J connectivity index is 3.61. The van der Waals surface area contributed by atoms with Gasteiger partial charge in [-0.15, -0.1) is 0 Å². The molecule has 0 spiro atoms. The normalized spacial score (nSPS) is 11.1. The molecule has 0 fully saturated rings. The van der Waals surface area contributed by atoms with Crippen molar-refractivity contribution in [3.63, 3.8) is 0 Å². The predicted octanol–water partition coefficient (Wildman–Crippen LogP) is -1.87. The van der Waals surface area contributed by atoms with E-state index in [1.54, 1.807) is 7.05 Å². The summed E-state index contributed by atoms with van der Waals surface area (Å²) in [4.78, 5) is 43.6. The van der Waals surface area contributed by atoms with Crippen LogP contribution >= 0.6 is 0 Å². The molecule has 0 rings (SSSR count). The second-order valence-electron chi connectivity index (χ2n) is 4.28. The summed E-state index contributed by atoms with van der Waals surface area (Å²) in [5.74, 6) is -0.852. The van der Waals surface area contributed by atoms with E-state index in [9.17, 15) is 19.2 Å². The van der Waals surface area contributed by atoms with Gasteiger partial charge >= 0.3 is 0 Å². The van der Waals surface area contributed by atoms with Gasteiger partial charge in [0.05, 0.1) is 13.1 Å². The maximum absolute atomic E-state index is 11.4. The van der Waals surface area contributed by atoms with Crippen LogP contribution in [0.25, 0.3) is 0 Å². The largest absolute Gasteiger partial charge is 0.359 e. The number of carbonyl (C=O) groups excluding carboxylic acids is 4. The molecule has 1 atom stereocenters. The monoisotopic (exact) mass is 286 g/mol. The lowest BCUT2D eigenvalue weighted by Gasteiger charge is -2.10. The van der Waals surface area contributed by atoms with Crippen molar-refractivity contribution < 1.29 is 19.2 Å². The fraction of sp³-hybridized carbons (Fsp3) is 0.667. The summed E-state index contributed by atoms with van der Waals surface area (Å²) in [6.45, 7) is 1.98. The molecule has 8 nitrogen and oxygen atoms in total. The van der Waals surface area contributed by atoms with Crippen LogP contribution in [0.5, 0.6) is 0 Å². The molecule has 4 amide bonds. The van der Waals surface area contributed by atoms with E-state index in [-0.39, 0.29) is 30.8 Å². The van der Waals surface area contributed by atoms with E-state index in [4.69, 9.17) is 0 Å². The van der Waals surface area contributed by atoms with Crippen molar-refractivity contribution in [2.24, 2.45) is 5.92 Å². The number of carbonyl (C=O) groups is 4. The van der Waals surface area contributed by atoms with Crippen molar-refractivity contribution in [1.29, 1.82) is 0 Å². The minimum atomic E-state index is -0.430. The summed E-state index contributed by atoms with van der Waals surface area (Å²) in [6.07, 6.45) is 1.77. The van der Waals surface area contributed by atoms with Gasteiger partial charge in [-0.05, 0) is 12.8 Å². The zero-order valence-electron chi connectivity index (χ0n) is 11.8. The Morgan fingerprint density at radius 3 is 2.35 bits per heavy atom. The zero-order valence-corrected chi connectivity index (χ0v) is 11.8. The Kier molecular flexibility index (Phi) is 9.63. The minimum Gasteiger partial charge on any atom is -0.359 e. The molecule has 0 saturated carbocycles. The third kappa shape index (κ3) is 8.90. The van der Waals surface area contributed by atoms with Crippen molar-refractivity contribution >= 4 is 24.1 Å². The molecule has 0 bridgehead atoms. The van der Waals surface area contributed by atoms with Crippen molar-refractivity contribution in [2.45, 2.75) is 19.8 Å². The SMILES string of the molecule is CNC(=O)C(C)CCCNC(=O)CNC(=O)CNC=O. The van der Waals surface area contributed by atoms with Crippen LogP contribution in [0.1, 0.15) is 19.8 Å². The van der Waals surface area contributed by atoms with Gasteiger partial charge < -0.3 is 21.3 Å². The molecule has 0 aliphatic carbocycles. The van der Waals surface area contributed by atoms with Crippen LogP contribution in [0.4, 0.5) is 0 Å². The molecule has 4 N–H and O–H groups in total. The number of hydrogen-bond acceptors (Lipinski definition) is 4. The van der Waals surface area contributed by atoms with Gasteiger partial charge in [0, 0.05) is 19.5 Å². The average molecular weight is 286 g/mol. The third-order valence-electron chi connectivity index (χ3n) is 2.62. The summed E-state index contributed by atoms with van der Waals surface area (Å²) in [5, 5.41) is 9.74. The fourth-order valence-electron chi connectivity index (χ4n) is 1.45. The summed E-state index contributed by atoms with van der Waals surface area (Å²) in [5.41, 5.74) is 0. The first-order valence-electron chi connectivity index (χ1n) is 6.43.